The Balaban J connectivity index is 1.72. The number of halogens is 2. The van der Waals surface area contributed by atoms with Crippen LogP contribution in [-0.4, -0.2) is 51.0 Å². The molecule has 2 aromatic carbocycles. The highest BCUT2D eigenvalue weighted by atomic mass is 35.5. The van der Waals surface area contributed by atoms with Crippen molar-refractivity contribution in [3.8, 4) is 16.8 Å². The van der Waals surface area contributed by atoms with Crippen LogP contribution in [0.1, 0.15) is 49.1 Å². The Morgan fingerprint density at radius 3 is 2.72 bits per heavy atom. The highest BCUT2D eigenvalue weighted by Crippen LogP contribution is 2.44. The number of hydrogen-bond acceptors (Lipinski definition) is 5. The third kappa shape index (κ3) is 4.74. The SMILES string of the molecule is C=CC(=O)N1CCN(c2nc(=O)n(-c3c(C)ccnc3C(C)C)c3c4c(c(Cl)cc23)-c2c(F)cccc2C=CC4)[C@@H](C)C1. The fourth-order valence-electron chi connectivity index (χ4n) is 6.44. The lowest BCUT2D eigenvalue weighted by molar-refractivity contribution is -0.126. The van der Waals surface area contributed by atoms with E-state index in [9.17, 15) is 9.59 Å². The number of pyridine rings is 1. The summed E-state index contributed by atoms with van der Waals surface area (Å²) >= 11 is 7.07. The highest BCUT2D eigenvalue weighted by molar-refractivity contribution is 6.35. The van der Waals surface area contributed by atoms with Crippen molar-refractivity contribution in [3.05, 3.63) is 99.0 Å². The maximum Gasteiger partial charge on any atom is 0.354 e. The molecule has 1 saturated heterocycles. The molecule has 9 heteroatoms. The number of benzene rings is 2. The van der Waals surface area contributed by atoms with E-state index >= 15 is 4.39 Å². The van der Waals surface area contributed by atoms with E-state index < -0.39 is 5.69 Å². The lowest BCUT2D eigenvalue weighted by Crippen LogP contribution is -2.54. The Hall–Kier alpha value is -4.30. The summed E-state index contributed by atoms with van der Waals surface area (Å²) in [6.07, 6.45) is 7.38. The maximum atomic E-state index is 15.6. The number of allylic oxidation sites excluding steroid dienone is 1. The van der Waals surface area contributed by atoms with Crippen LogP contribution >= 0.6 is 11.6 Å². The van der Waals surface area contributed by atoms with Crippen LogP contribution < -0.4 is 10.6 Å². The molecule has 0 spiro atoms. The van der Waals surface area contributed by atoms with Crippen LogP contribution in [0.4, 0.5) is 10.2 Å². The Kier molecular flexibility index (Phi) is 7.42. The first-order valence-electron chi connectivity index (χ1n) is 14.5. The molecule has 1 atom stereocenters. The molecule has 0 radical (unpaired) electrons. The van der Waals surface area contributed by atoms with Gasteiger partial charge < -0.3 is 9.80 Å². The number of amides is 1. The van der Waals surface area contributed by atoms with Gasteiger partial charge in [-0.1, -0.05) is 56.3 Å². The van der Waals surface area contributed by atoms with E-state index in [4.69, 9.17) is 11.6 Å². The van der Waals surface area contributed by atoms with E-state index in [1.807, 2.05) is 58.0 Å². The molecular formula is C34H33ClFN5O2. The molecular weight excluding hydrogens is 565 g/mol. The van der Waals surface area contributed by atoms with Gasteiger partial charge in [0.25, 0.3) is 0 Å². The molecule has 0 N–H and O–H groups in total. The van der Waals surface area contributed by atoms with E-state index in [1.54, 1.807) is 21.7 Å². The van der Waals surface area contributed by atoms with Crippen molar-refractivity contribution < 1.29 is 9.18 Å². The quantitative estimate of drug-likeness (QED) is 0.252. The molecule has 0 saturated carbocycles. The molecule has 1 fully saturated rings. The van der Waals surface area contributed by atoms with Gasteiger partial charge in [0, 0.05) is 53.4 Å². The fourth-order valence-corrected chi connectivity index (χ4v) is 6.76. The van der Waals surface area contributed by atoms with Gasteiger partial charge in [-0.05, 0) is 67.2 Å². The topological polar surface area (TPSA) is 71.3 Å². The largest absolute Gasteiger partial charge is 0.354 e. The van der Waals surface area contributed by atoms with Crippen molar-refractivity contribution in [1.82, 2.24) is 19.4 Å². The van der Waals surface area contributed by atoms with E-state index in [1.165, 1.54) is 12.1 Å². The molecule has 220 valence electrons. The minimum Gasteiger partial charge on any atom is -0.350 e. The van der Waals surface area contributed by atoms with Crippen LogP contribution in [0, 0.1) is 12.7 Å². The summed E-state index contributed by atoms with van der Waals surface area (Å²) in [5, 5.41) is 1.07. The predicted octanol–water partition coefficient (Wildman–Crippen LogP) is 6.46. The zero-order chi connectivity index (χ0) is 30.6. The fraction of sp³-hybridized carbons (Fsp3) is 0.294. The summed E-state index contributed by atoms with van der Waals surface area (Å²) in [6, 6.07) is 8.54. The van der Waals surface area contributed by atoms with Crippen molar-refractivity contribution in [2.45, 2.75) is 46.1 Å². The Morgan fingerprint density at radius 1 is 1.21 bits per heavy atom. The van der Waals surface area contributed by atoms with Gasteiger partial charge in [0.2, 0.25) is 5.91 Å². The summed E-state index contributed by atoms with van der Waals surface area (Å²) in [4.78, 5) is 39.9. The second kappa shape index (κ2) is 11.1. The van der Waals surface area contributed by atoms with Gasteiger partial charge >= 0.3 is 5.69 Å². The van der Waals surface area contributed by atoms with Crippen LogP contribution in [0.2, 0.25) is 5.02 Å². The minimum atomic E-state index is -0.455. The molecule has 4 aromatic rings. The van der Waals surface area contributed by atoms with E-state index in [0.717, 1.165) is 22.4 Å². The second-order valence-corrected chi connectivity index (χ2v) is 11.9. The number of rotatable bonds is 4. The van der Waals surface area contributed by atoms with Crippen molar-refractivity contribution in [2.24, 2.45) is 0 Å². The number of fused-ring (bicyclic) bond motifs is 5. The molecule has 2 aromatic heterocycles. The number of nitrogens with zero attached hydrogens (tertiary/aromatic N) is 5. The molecule has 1 aliphatic heterocycles. The smallest absolute Gasteiger partial charge is 0.350 e. The third-order valence-corrected chi connectivity index (χ3v) is 8.73. The van der Waals surface area contributed by atoms with Gasteiger partial charge in [-0.3, -0.25) is 14.3 Å². The molecule has 7 nitrogen and oxygen atoms in total. The van der Waals surface area contributed by atoms with E-state index in [2.05, 4.69) is 21.4 Å². The first-order chi connectivity index (χ1) is 20.6. The zero-order valence-corrected chi connectivity index (χ0v) is 25.5. The van der Waals surface area contributed by atoms with Gasteiger partial charge in [0.05, 0.1) is 16.9 Å². The lowest BCUT2D eigenvalue weighted by Gasteiger charge is -2.40. The third-order valence-electron chi connectivity index (χ3n) is 8.44. The van der Waals surface area contributed by atoms with Crippen LogP contribution in [0.3, 0.4) is 0 Å². The summed E-state index contributed by atoms with van der Waals surface area (Å²) in [5.74, 6) is 0.00500. The van der Waals surface area contributed by atoms with Crippen molar-refractivity contribution in [1.29, 1.82) is 0 Å². The zero-order valence-electron chi connectivity index (χ0n) is 24.7. The van der Waals surface area contributed by atoms with Crippen LogP contribution in [0.15, 0.2) is 60.1 Å². The average molecular weight is 598 g/mol. The monoisotopic (exact) mass is 597 g/mol. The second-order valence-electron chi connectivity index (χ2n) is 11.5. The number of aryl methyl sites for hydroxylation is 1. The first-order valence-corrected chi connectivity index (χ1v) is 14.9. The molecule has 0 bridgehead atoms. The van der Waals surface area contributed by atoms with Gasteiger partial charge in [0.15, 0.2) is 0 Å². The average Bonchev–Trinajstić information content (AvgIpc) is 3.18. The predicted molar refractivity (Wildman–Crippen MR) is 171 cm³/mol. The number of hydrogen-bond donors (Lipinski definition) is 0. The molecule has 0 unspecified atom stereocenters. The Labute approximate surface area is 254 Å². The summed E-state index contributed by atoms with van der Waals surface area (Å²) in [6.45, 7) is 13.0. The molecule has 6 rings (SSSR count). The number of anilines is 1. The number of aromatic nitrogens is 3. The normalized spacial score (nSPS) is 16.3. The Bertz CT molecular complexity index is 1900. The maximum absolute atomic E-state index is 15.6. The van der Waals surface area contributed by atoms with Crippen molar-refractivity contribution in [3.63, 3.8) is 0 Å². The molecule has 1 amide bonds. The molecule has 2 aliphatic rings. The summed E-state index contributed by atoms with van der Waals surface area (Å²) in [5.41, 5.74) is 4.94. The molecule has 1 aliphatic carbocycles. The molecule has 43 heavy (non-hydrogen) atoms. The van der Waals surface area contributed by atoms with Crippen LogP contribution in [0.5, 0.6) is 0 Å². The van der Waals surface area contributed by atoms with E-state index in [0.29, 0.717) is 64.6 Å². The van der Waals surface area contributed by atoms with Crippen LogP contribution in [-0.2, 0) is 11.2 Å². The standard InChI is InChI=1S/C34H33ClFN5O2/c1-6-27(42)39-15-16-40(21(5)18-39)33-24-17-25(35)29-23(11-7-9-22-10-8-12-26(36)28(22)29)32(24)41(34(43)38-33)31-20(4)13-14-37-30(31)19(2)3/h6-10,12-14,17,19,21H,1,11,15-16,18H2,2-5H3/t21-/m0/s1. The van der Waals surface area contributed by atoms with Crippen molar-refractivity contribution >= 4 is 40.3 Å². The van der Waals surface area contributed by atoms with Gasteiger partial charge in [-0.15, -0.1) is 0 Å². The minimum absolute atomic E-state index is 0.0241. The van der Waals surface area contributed by atoms with Gasteiger partial charge in [0.1, 0.15) is 11.6 Å². The van der Waals surface area contributed by atoms with Crippen LogP contribution in [0.25, 0.3) is 33.8 Å². The number of carbonyl (C=O) groups is 1. The Morgan fingerprint density at radius 2 is 2.00 bits per heavy atom. The summed E-state index contributed by atoms with van der Waals surface area (Å²) < 4.78 is 17.2. The first kappa shape index (κ1) is 28.8. The number of carbonyl (C=O) groups excluding carboxylic acids is 1. The number of piperazine rings is 1. The summed E-state index contributed by atoms with van der Waals surface area (Å²) in [7, 11) is 0. The molecule has 3 heterocycles. The van der Waals surface area contributed by atoms with Crippen molar-refractivity contribution in [2.75, 3.05) is 24.5 Å². The van der Waals surface area contributed by atoms with E-state index in [-0.39, 0.29) is 23.7 Å². The lowest BCUT2D eigenvalue weighted by atomic mass is 9.93. The highest BCUT2D eigenvalue weighted by Gasteiger charge is 2.32. The van der Waals surface area contributed by atoms with Gasteiger partial charge in [-0.2, -0.15) is 4.98 Å². The van der Waals surface area contributed by atoms with Gasteiger partial charge in [-0.25, -0.2) is 9.18 Å².